The zero-order valence-corrected chi connectivity index (χ0v) is 17.0. The summed E-state index contributed by atoms with van der Waals surface area (Å²) < 4.78 is 7.03. The van der Waals surface area contributed by atoms with Crippen LogP contribution >= 0.6 is 0 Å². The van der Waals surface area contributed by atoms with Crippen LogP contribution in [-0.2, 0) is 0 Å². The fourth-order valence-corrected chi connectivity index (χ4v) is 2.87. The number of ether oxygens (including phenoxy) is 1. The highest BCUT2D eigenvalue weighted by molar-refractivity contribution is 5.91. The van der Waals surface area contributed by atoms with Crippen molar-refractivity contribution in [2.45, 2.75) is 20.8 Å². The molecule has 2 aromatic heterocycles. The Labute approximate surface area is 169 Å². The summed E-state index contributed by atoms with van der Waals surface area (Å²) in [5, 5.41) is 13.2. The van der Waals surface area contributed by atoms with Crippen molar-refractivity contribution in [3.05, 3.63) is 53.6 Å². The van der Waals surface area contributed by atoms with Crippen molar-refractivity contribution in [1.82, 2.24) is 25.1 Å². The predicted molar refractivity (Wildman–Crippen MR) is 112 cm³/mol. The van der Waals surface area contributed by atoms with E-state index in [0.29, 0.717) is 36.2 Å². The van der Waals surface area contributed by atoms with Crippen LogP contribution in [0.1, 0.15) is 17.0 Å². The zero-order valence-electron chi connectivity index (χ0n) is 17.0. The fraction of sp³-hybridized carbons (Fsp3) is 0.300. The third-order valence-corrected chi connectivity index (χ3v) is 4.20. The fourth-order valence-electron chi connectivity index (χ4n) is 2.87. The van der Waals surface area contributed by atoms with Gasteiger partial charge in [-0.05, 0) is 44.5 Å². The number of aryl methyl sites for hydroxylation is 3. The lowest BCUT2D eigenvalue weighted by atomic mass is 10.2. The number of carbonyl (C=O) groups is 1. The second kappa shape index (κ2) is 9.05. The summed E-state index contributed by atoms with van der Waals surface area (Å²) in [5.41, 5.74) is 3.58. The van der Waals surface area contributed by atoms with Crippen LogP contribution in [0.4, 0.5) is 16.3 Å². The molecular weight excluding hydrogens is 370 g/mol. The minimum atomic E-state index is -0.304. The average Bonchev–Trinajstić information content (AvgIpc) is 3.04. The maximum atomic E-state index is 12.1. The van der Waals surface area contributed by atoms with Crippen LogP contribution < -0.4 is 20.7 Å². The minimum Gasteiger partial charge on any atom is -0.495 e. The number of nitrogens with zero attached hydrogens (tertiary/aromatic N) is 4. The molecule has 9 nitrogen and oxygen atoms in total. The molecule has 0 aliphatic carbocycles. The van der Waals surface area contributed by atoms with E-state index in [4.69, 9.17) is 4.74 Å². The molecule has 3 rings (SSSR count). The number of amides is 2. The summed E-state index contributed by atoms with van der Waals surface area (Å²) in [7, 11) is 1.57. The number of hydrogen-bond acceptors (Lipinski definition) is 6. The van der Waals surface area contributed by atoms with E-state index < -0.39 is 0 Å². The largest absolute Gasteiger partial charge is 0.495 e. The summed E-state index contributed by atoms with van der Waals surface area (Å²) in [4.78, 5) is 20.6. The molecule has 9 heteroatoms. The number of carbonyl (C=O) groups excluding carboxylic acids is 1. The van der Waals surface area contributed by atoms with Crippen molar-refractivity contribution in [2.75, 3.05) is 30.8 Å². The van der Waals surface area contributed by atoms with Crippen LogP contribution in [-0.4, -0.2) is 46.0 Å². The molecule has 3 N–H and O–H groups in total. The van der Waals surface area contributed by atoms with E-state index in [2.05, 4.69) is 31.0 Å². The normalized spacial score (nSPS) is 10.5. The van der Waals surface area contributed by atoms with Gasteiger partial charge in [-0.15, -0.1) is 0 Å². The highest BCUT2D eigenvalue weighted by atomic mass is 16.5. The van der Waals surface area contributed by atoms with Gasteiger partial charge < -0.3 is 20.7 Å². The van der Waals surface area contributed by atoms with Gasteiger partial charge in [0.2, 0.25) is 0 Å². The van der Waals surface area contributed by atoms with Crippen molar-refractivity contribution in [2.24, 2.45) is 0 Å². The van der Waals surface area contributed by atoms with Crippen LogP contribution in [0.25, 0.3) is 5.82 Å². The van der Waals surface area contributed by atoms with Gasteiger partial charge in [0, 0.05) is 24.8 Å². The Morgan fingerprint density at radius 1 is 1.10 bits per heavy atom. The molecule has 29 heavy (non-hydrogen) atoms. The predicted octanol–water partition coefficient (Wildman–Crippen LogP) is 2.83. The first-order valence-electron chi connectivity index (χ1n) is 9.25. The standard InChI is InChI=1S/C20H25N7O2/c1-13-5-6-17(29-4)16(9-13)25-20(28)22-8-7-21-18-11-19(24-12-23-18)27-15(3)10-14(2)26-27/h5-6,9-12H,7-8H2,1-4H3,(H,21,23,24)(H2,22,25,28). The summed E-state index contributed by atoms with van der Waals surface area (Å²) in [6, 6.07) is 9.10. The molecule has 2 amide bonds. The molecule has 0 spiro atoms. The van der Waals surface area contributed by atoms with Gasteiger partial charge >= 0.3 is 6.03 Å². The minimum absolute atomic E-state index is 0.304. The van der Waals surface area contributed by atoms with Crippen LogP contribution in [0.15, 0.2) is 36.7 Å². The monoisotopic (exact) mass is 395 g/mol. The zero-order chi connectivity index (χ0) is 20.8. The number of methoxy groups -OCH3 is 1. The first-order valence-corrected chi connectivity index (χ1v) is 9.25. The molecule has 0 atom stereocenters. The highest BCUT2D eigenvalue weighted by Crippen LogP contribution is 2.24. The van der Waals surface area contributed by atoms with Crippen molar-refractivity contribution >= 4 is 17.5 Å². The van der Waals surface area contributed by atoms with Crippen molar-refractivity contribution in [3.63, 3.8) is 0 Å². The third-order valence-electron chi connectivity index (χ3n) is 4.20. The Hall–Kier alpha value is -3.62. The number of benzene rings is 1. The number of aromatic nitrogens is 4. The van der Waals surface area contributed by atoms with E-state index in [1.165, 1.54) is 6.33 Å². The molecule has 0 bridgehead atoms. The molecular formula is C20H25N7O2. The lowest BCUT2D eigenvalue weighted by molar-refractivity contribution is 0.252. The van der Waals surface area contributed by atoms with Crippen molar-refractivity contribution in [1.29, 1.82) is 0 Å². The van der Waals surface area contributed by atoms with Gasteiger partial charge in [0.15, 0.2) is 5.82 Å². The lowest BCUT2D eigenvalue weighted by Crippen LogP contribution is -2.32. The van der Waals surface area contributed by atoms with Crippen molar-refractivity contribution < 1.29 is 9.53 Å². The Kier molecular flexibility index (Phi) is 6.28. The SMILES string of the molecule is COc1ccc(C)cc1NC(=O)NCCNc1cc(-n2nc(C)cc2C)ncn1. The van der Waals surface area contributed by atoms with Gasteiger partial charge in [-0.25, -0.2) is 19.4 Å². The molecule has 1 aromatic carbocycles. The first kappa shape index (κ1) is 20.1. The average molecular weight is 395 g/mol. The van der Waals surface area contributed by atoms with E-state index in [1.54, 1.807) is 11.8 Å². The topological polar surface area (TPSA) is 106 Å². The van der Waals surface area contributed by atoms with E-state index in [0.717, 1.165) is 17.0 Å². The Balaban J connectivity index is 1.51. The van der Waals surface area contributed by atoms with E-state index >= 15 is 0 Å². The Morgan fingerprint density at radius 2 is 1.93 bits per heavy atom. The number of anilines is 2. The Morgan fingerprint density at radius 3 is 2.66 bits per heavy atom. The van der Waals surface area contributed by atoms with Crippen LogP contribution in [0.5, 0.6) is 5.75 Å². The third kappa shape index (κ3) is 5.22. The Bertz CT molecular complexity index is 1000. The summed E-state index contributed by atoms with van der Waals surface area (Å²) >= 11 is 0. The molecule has 0 radical (unpaired) electrons. The number of rotatable bonds is 7. The van der Waals surface area contributed by atoms with E-state index in [9.17, 15) is 4.79 Å². The molecule has 3 aromatic rings. The van der Waals surface area contributed by atoms with Gasteiger partial charge in [-0.2, -0.15) is 5.10 Å². The summed E-state index contributed by atoms with van der Waals surface area (Å²) in [6.07, 6.45) is 1.48. The van der Waals surface area contributed by atoms with E-state index in [1.807, 2.05) is 51.1 Å². The van der Waals surface area contributed by atoms with E-state index in [-0.39, 0.29) is 6.03 Å². The van der Waals surface area contributed by atoms with Gasteiger partial charge in [0.1, 0.15) is 17.9 Å². The molecule has 0 fully saturated rings. The van der Waals surface area contributed by atoms with Crippen LogP contribution in [0.3, 0.4) is 0 Å². The number of urea groups is 1. The quantitative estimate of drug-likeness (QED) is 0.531. The highest BCUT2D eigenvalue weighted by Gasteiger charge is 2.08. The lowest BCUT2D eigenvalue weighted by Gasteiger charge is -2.12. The van der Waals surface area contributed by atoms with Crippen LogP contribution in [0.2, 0.25) is 0 Å². The molecule has 0 aliphatic rings. The molecule has 0 saturated carbocycles. The summed E-state index contributed by atoms with van der Waals surface area (Å²) in [5.74, 6) is 1.96. The van der Waals surface area contributed by atoms with Gasteiger partial charge in [-0.3, -0.25) is 0 Å². The first-order chi connectivity index (χ1) is 14.0. The molecule has 0 unspecified atom stereocenters. The molecule has 2 heterocycles. The second-order valence-electron chi connectivity index (χ2n) is 6.61. The molecule has 152 valence electrons. The second-order valence-corrected chi connectivity index (χ2v) is 6.61. The molecule has 0 saturated heterocycles. The maximum Gasteiger partial charge on any atom is 0.319 e. The maximum absolute atomic E-state index is 12.1. The molecule has 0 aliphatic heterocycles. The summed E-state index contributed by atoms with van der Waals surface area (Å²) in [6.45, 7) is 6.79. The van der Waals surface area contributed by atoms with Gasteiger partial charge in [0.25, 0.3) is 0 Å². The number of nitrogens with one attached hydrogen (secondary N) is 3. The van der Waals surface area contributed by atoms with Gasteiger partial charge in [-0.1, -0.05) is 6.07 Å². The smallest absolute Gasteiger partial charge is 0.319 e. The van der Waals surface area contributed by atoms with Gasteiger partial charge in [0.05, 0.1) is 18.5 Å². The van der Waals surface area contributed by atoms with Crippen LogP contribution in [0, 0.1) is 20.8 Å². The number of hydrogen-bond donors (Lipinski definition) is 3. The van der Waals surface area contributed by atoms with Crippen molar-refractivity contribution in [3.8, 4) is 11.6 Å².